The Morgan fingerprint density at radius 2 is 2.22 bits per heavy atom. The molecule has 0 amide bonds. The fourth-order valence-corrected chi connectivity index (χ4v) is 1.72. The molecule has 1 rings (SSSR count). The maximum absolute atomic E-state index is 13.3. The van der Waals surface area contributed by atoms with Gasteiger partial charge < -0.3 is 20.5 Å². The molecule has 0 bridgehead atoms. The Kier molecular flexibility index (Phi) is 4.91. The Labute approximate surface area is 105 Å². The van der Waals surface area contributed by atoms with Crippen LogP contribution in [0, 0.1) is 5.82 Å². The van der Waals surface area contributed by atoms with Gasteiger partial charge in [-0.2, -0.15) is 0 Å². The Hall–Kier alpha value is -1.82. The number of anilines is 2. The van der Waals surface area contributed by atoms with Crippen LogP contribution >= 0.6 is 0 Å². The van der Waals surface area contributed by atoms with Gasteiger partial charge in [-0.25, -0.2) is 9.18 Å². The number of halogens is 1. The molecule has 0 aliphatic heterocycles. The van der Waals surface area contributed by atoms with Crippen LogP contribution in [0.2, 0.25) is 0 Å². The average molecular weight is 256 g/mol. The zero-order valence-electron chi connectivity index (χ0n) is 10.4. The first-order valence-corrected chi connectivity index (χ1v) is 5.58. The number of carboxylic acids is 1. The number of nitrogen functional groups attached to an aromatic ring is 1. The van der Waals surface area contributed by atoms with E-state index in [4.69, 9.17) is 15.6 Å². The van der Waals surface area contributed by atoms with Crippen molar-refractivity contribution in [3.8, 4) is 0 Å². The summed E-state index contributed by atoms with van der Waals surface area (Å²) >= 11 is 0. The second-order valence-corrected chi connectivity index (χ2v) is 3.73. The van der Waals surface area contributed by atoms with Crippen molar-refractivity contribution in [3.63, 3.8) is 0 Å². The van der Waals surface area contributed by atoms with Crippen LogP contribution in [0.3, 0.4) is 0 Å². The van der Waals surface area contributed by atoms with Gasteiger partial charge in [0.1, 0.15) is 11.4 Å². The summed E-state index contributed by atoms with van der Waals surface area (Å²) in [5.41, 5.74) is 5.36. The number of carbonyl (C=O) groups is 1. The van der Waals surface area contributed by atoms with E-state index in [2.05, 4.69) is 0 Å². The van der Waals surface area contributed by atoms with Crippen molar-refractivity contribution in [2.75, 3.05) is 37.4 Å². The molecule has 0 fully saturated rings. The van der Waals surface area contributed by atoms with Crippen molar-refractivity contribution in [1.29, 1.82) is 0 Å². The molecule has 0 radical (unpaired) electrons. The minimum Gasteiger partial charge on any atom is -0.478 e. The van der Waals surface area contributed by atoms with E-state index >= 15 is 0 Å². The van der Waals surface area contributed by atoms with Crippen molar-refractivity contribution in [2.45, 2.75) is 6.92 Å². The van der Waals surface area contributed by atoms with Crippen molar-refractivity contribution < 1.29 is 19.0 Å². The molecule has 18 heavy (non-hydrogen) atoms. The van der Waals surface area contributed by atoms with Gasteiger partial charge in [-0.05, 0) is 19.1 Å². The summed E-state index contributed by atoms with van der Waals surface area (Å²) in [6.07, 6.45) is 0. The lowest BCUT2D eigenvalue weighted by Gasteiger charge is -2.25. The van der Waals surface area contributed by atoms with Gasteiger partial charge in [-0.15, -0.1) is 0 Å². The van der Waals surface area contributed by atoms with E-state index in [9.17, 15) is 9.18 Å². The number of hydrogen-bond acceptors (Lipinski definition) is 4. The smallest absolute Gasteiger partial charge is 0.340 e. The van der Waals surface area contributed by atoms with Crippen LogP contribution in [0.1, 0.15) is 17.3 Å². The number of aromatic carboxylic acids is 1. The second kappa shape index (κ2) is 6.20. The highest BCUT2D eigenvalue weighted by atomic mass is 19.1. The monoisotopic (exact) mass is 256 g/mol. The van der Waals surface area contributed by atoms with Crippen molar-refractivity contribution in [2.24, 2.45) is 0 Å². The maximum Gasteiger partial charge on any atom is 0.340 e. The molecule has 1 aromatic rings. The number of benzene rings is 1. The van der Waals surface area contributed by atoms with Crippen LogP contribution < -0.4 is 10.6 Å². The largest absolute Gasteiger partial charge is 0.478 e. The Bertz CT molecular complexity index is 438. The maximum atomic E-state index is 13.3. The lowest BCUT2D eigenvalue weighted by molar-refractivity contribution is 0.0698. The highest BCUT2D eigenvalue weighted by molar-refractivity contribution is 6.00. The number of likely N-dealkylation sites (N-methyl/N-ethyl adjacent to an activating group) is 1. The van der Waals surface area contributed by atoms with Crippen LogP contribution in [0.15, 0.2) is 12.1 Å². The van der Waals surface area contributed by atoms with Crippen LogP contribution in [0.4, 0.5) is 15.8 Å². The van der Waals surface area contributed by atoms with Gasteiger partial charge in [0.15, 0.2) is 0 Å². The minimum absolute atomic E-state index is 0.201. The highest BCUT2D eigenvalue weighted by Crippen LogP contribution is 2.28. The van der Waals surface area contributed by atoms with Crippen molar-refractivity contribution >= 4 is 17.3 Å². The van der Waals surface area contributed by atoms with Gasteiger partial charge in [0, 0.05) is 20.2 Å². The fourth-order valence-electron chi connectivity index (χ4n) is 1.72. The fraction of sp³-hybridized carbons (Fsp3) is 0.417. The molecule has 6 heteroatoms. The first kappa shape index (κ1) is 14.2. The number of carboxylic acid groups (broad SMARTS) is 1. The quantitative estimate of drug-likeness (QED) is 0.756. The molecule has 0 aliphatic carbocycles. The summed E-state index contributed by atoms with van der Waals surface area (Å²) in [5, 5.41) is 9.14. The molecule has 0 aliphatic rings. The summed E-state index contributed by atoms with van der Waals surface area (Å²) < 4.78 is 18.3. The van der Waals surface area contributed by atoms with Gasteiger partial charge in [0.05, 0.1) is 18.0 Å². The molecule has 0 saturated carbocycles. The molecular weight excluding hydrogens is 239 g/mol. The molecule has 0 heterocycles. The Morgan fingerprint density at radius 3 is 2.72 bits per heavy atom. The van der Waals surface area contributed by atoms with Crippen molar-refractivity contribution in [3.05, 3.63) is 23.5 Å². The van der Waals surface area contributed by atoms with Crippen LogP contribution in [-0.4, -0.2) is 37.9 Å². The molecule has 0 spiro atoms. The number of rotatable bonds is 6. The van der Waals surface area contributed by atoms with Gasteiger partial charge >= 0.3 is 5.97 Å². The summed E-state index contributed by atoms with van der Waals surface area (Å²) in [7, 11) is 1.56. The first-order valence-electron chi connectivity index (χ1n) is 5.58. The lowest BCUT2D eigenvalue weighted by Crippen LogP contribution is -2.29. The van der Waals surface area contributed by atoms with Crippen LogP contribution in [-0.2, 0) is 4.74 Å². The molecule has 5 nitrogen and oxygen atoms in total. The van der Waals surface area contributed by atoms with Gasteiger partial charge in [0.2, 0.25) is 0 Å². The topological polar surface area (TPSA) is 75.8 Å². The van der Waals surface area contributed by atoms with Crippen LogP contribution in [0.5, 0.6) is 0 Å². The molecule has 0 atom stereocenters. The summed E-state index contributed by atoms with van der Waals surface area (Å²) in [6.45, 7) is 3.41. The zero-order chi connectivity index (χ0) is 13.7. The van der Waals surface area contributed by atoms with E-state index in [0.717, 1.165) is 0 Å². The molecule has 0 unspecified atom stereocenters. The molecule has 0 aromatic heterocycles. The predicted octanol–water partition coefficient (Wildman–Crippen LogP) is 1.58. The molecule has 100 valence electrons. The number of ether oxygens (including phenoxy) is 1. The van der Waals surface area contributed by atoms with Gasteiger partial charge in [-0.3, -0.25) is 0 Å². The molecule has 3 N–H and O–H groups in total. The Balaban J connectivity index is 3.21. The SMILES string of the molecule is CCN(CCOC)c1ccc(F)c(N)c1C(=O)O. The third-order valence-electron chi connectivity index (χ3n) is 2.67. The molecule has 1 aromatic carbocycles. The summed E-state index contributed by atoms with van der Waals surface area (Å²) in [6, 6.07) is 2.60. The van der Waals surface area contributed by atoms with E-state index in [1.807, 2.05) is 6.92 Å². The highest BCUT2D eigenvalue weighted by Gasteiger charge is 2.20. The number of nitrogens with zero attached hydrogens (tertiary/aromatic N) is 1. The van der Waals surface area contributed by atoms with E-state index in [-0.39, 0.29) is 11.3 Å². The standard InChI is InChI=1S/C12H17FN2O3/c1-3-15(6-7-18-2)9-5-4-8(13)11(14)10(9)12(16)17/h4-5H,3,6-7,14H2,1-2H3,(H,16,17). The van der Waals surface area contributed by atoms with Crippen molar-refractivity contribution in [1.82, 2.24) is 0 Å². The van der Waals surface area contributed by atoms with Crippen LogP contribution in [0.25, 0.3) is 0 Å². The zero-order valence-corrected chi connectivity index (χ0v) is 10.4. The Morgan fingerprint density at radius 1 is 1.56 bits per heavy atom. The van der Waals surface area contributed by atoms with E-state index in [0.29, 0.717) is 25.4 Å². The number of nitrogens with two attached hydrogens (primary N) is 1. The predicted molar refractivity (Wildman–Crippen MR) is 67.5 cm³/mol. The second-order valence-electron chi connectivity index (χ2n) is 3.73. The normalized spacial score (nSPS) is 10.4. The average Bonchev–Trinajstić information content (AvgIpc) is 2.34. The minimum atomic E-state index is -1.24. The van der Waals surface area contributed by atoms with Gasteiger partial charge in [-0.1, -0.05) is 0 Å². The summed E-state index contributed by atoms with van der Waals surface area (Å²) in [5.74, 6) is -1.96. The van der Waals surface area contributed by atoms with E-state index < -0.39 is 11.8 Å². The molecular formula is C12H17FN2O3. The number of hydrogen-bond donors (Lipinski definition) is 2. The van der Waals surface area contributed by atoms with E-state index in [1.54, 1.807) is 12.0 Å². The van der Waals surface area contributed by atoms with Gasteiger partial charge in [0.25, 0.3) is 0 Å². The third kappa shape index (κ3) is 2.89. The number of methoxy groups -OCH3 is 1. The molecule has 0 saturated heterocycles. The summed E-state index contributed by atoms with van der Waals surface area (Å²) in [4.78, 5) is 13.0. The first-order chi connectivity index (χ1) is 8.52. The van der Waals surface area contributed by atoms with E-state index in [1.165, 1.54) is 12.1 Å². The lowest BCUT2D eigenvalue weighted by atomic mass is 10.1. The third-order valence-corrected chi connectivity index (χ3v) is 2.67.